The Bertz CT molecular complexity index is 1240. The number of hydrogen-bond acceptors (Lipinski definition) is 6. The van der Waals surface area contributed by atoms with E-state index in [1.165, 1.54) is 16.4 Å². The fraction of sp³-hybridized carbons (Fsp3) is 0.143. The van der Waals surface area contributed by atoms with Crippen molar-refractivity contribution in [2.45, 2.75) is 11.7 Å². The quantitative estimate of drug-likeness (QED) is 0.313. The van der Waals surface area contributed by atoms with Crippen molar-refractivity contribution in [2.75, 3.05) is 18.6 Å². The zero-order valence-electron chi connectivity index (χ0n) is 17.0. The Morgan fingerprint density at radius 1 is 1.16 bits per heavy atom. The van der Waals surface area contributed by atoms with Crippen molar-refractivity contribution < 1.29 is 4.79 Å². The molecule has 32 heavy (non-hydrogen) atoms. The summed E-state index contributed by atoms with van der Waals surface area (Å²) in [4.78, 5) is 14.3. The number of nitrogens with two attached hydrogens (primary N) is 1. The van der Waals surface area contributed by atoms with Crippen LogP contribution in [0.25, 0.3) is 17.1 Å². The molecule has 0 saturated heterocycles. The molecule has 1 amide bonds. The Hall–Kier alpha value is -3.01. The minimum Gasteiger partial charge on any atom is -0.341 e. The summed E-state index contributed by atoms with van der Waals surface area (Å²) < 4.78 is 3.08. The van der Waals surface area contributed by atoms with Gasteiger partial charge in [0.2, 0.25) is 11.1 Å². The van der Waals surface area contributed by atoms with Gasteiger partial charge in [0, 0.05) is 35.9 Å². The van der Waals surface area contributed by atoms with E-state index in [4.69, 9.17) is 29.0 Å². The topological polar surface area (TPSA) is 94.9 Å². The SMILES string of the molecule is CN(Cc1cnn(-c2ccccc2)c1)C(=O)CSc1nnc(-c2cc(Cl)ccc2Cl)n1N. The van der Waals surface area contributed by atoms with E-state index in [0.29, 0.717) is 33.1 Å². The molecule has 0 aliphatic heterocycles. The van der Waals surface area contributed by atoms with Gasteiger partial charge in [-0.15, -0.1) is 10.2 Å². The standard InChI is InChI=1S/C21H19Cl2N7OS/c1-28(11-14-10-25-29(12-14)16-5-3-2-4-6-16)19(31)13-32-21-27-26-20(30(21)24)17-9-15(22)7-8-18(17)23/h2-10,12H,11,13,24H2,1H3. The number of amides is 1. The fourth-order valence-electron chi connectivity index (χ4n) is 2.99. The first kappa shape index (κ1) is 22.2. The number of aromatic nitrogens is 5. The van der Waals surface area contributed by atoms with E-state index in [1.54, 1.807) is 41.0 Å². The normalized spacial score (nSPS) is 11.0. The summed E-state index contributed by atoms with van der Waals surface area (Å²) >= 11 is 13.5. The Morgan fingerprint density at radius 3 is 2.72 bits per heavy atom. The fourth-order valence-corrected chi connectivity index (χ4v) is 4.16. The third-order valence-corrected chi connectivity index (χ3v) is 6.15. The van der Waals surface area contributed by atoms with Crippen molar-refractivity contribution in [1.29, 1.82) is 0 Å². The van der Waals surface area contributed by atoms with Gasteiger partial charge in [-0.1, -0.05) is 53.2 Å². The molecular weight excluding hydrogens is 469 g/mol. The molecule has 11 heteroatoms. The third-order valence-electron chi connectivity index (χ3n) is 4.66. The lowest BCUT2D eigenvalue weighted by molar-refractivity contribution is -0.127. The number of carbonyl (C=O) groups excluding carboxylic acids is 1. The third kappa shape index (κ3) is 4.90. The van der Waals surface area contributed by atoms with Gasteiger partial charge in [0.05, 0.1) is 22.7 Å². The Morgan fingerprint density at radius 2 is 1.94 bits per heavy atom. The van der Waals surface area contributed by atoms with Crippen molar-refractivity contribution in [1.82, 2.24) is 29.6 Å². The molecule has 0 saturated carbocycles. The van der Waals surface area contributed by atoms with Gasteiger partial charge in [-0.25, -0.2) is 9.36 Å². The molecule has 164 valence electrons. The van der Waals surface area contributed by atoms with Crippen LogP contribution in [0.5, 0.6) is 0 Å². The minimum atomic E-state index is -0.0761. The lowest BCUT2D eigenvalue weighted by Gasteiger charge is -2.15. The van der Waals surface area contributed by atoms with Crippen molar-refractivity contribution in [3.05, 3.63) is 76.5 Å². The maximum absolute atomic E-state index is 12.6. The van der Waals surface area contributed by atoms with Crippen LogP contribution in [0.4, 0.5) is 0 Å². The van der Waals surface area contributed by atoms with E-state index in [9.17, 15) is 4.79 Å². The van der Waals surface area contributed by atoms with Gasteiger partial charge < -0.3 is 10.7 Å². The first-order valence-corrected chi connectivity index (χ1v) is 11.3. The molecule has 2 aromatic carbocycles. The first-order valence-electron chi connectivity index (χ1n) is 9.54. The van der Waals surface area contributed by atoms with Crippen LogP contribution in [0.2, 0.25) is 10.0 Å². The number of nitrogen functional groups attached to an aromatic ring is 1. The Kier molecular flexibility index (Phi) is 6.69. The number of thioether (sulfide) groups is 1. The Balaban J connectivity index is 1.37. The van der Waals surface area contributed by atoms with Crippen LogP contribution in [-0.2, 0) is 11.3 Å². The second-order valence-electron chi connectivity index (χ2n) is 6.97. The van der Waals surface area contributed by atoms with Crippen molar-refractivity contribution in [3.63, 3.8) is 0 Å². The molecular formula is C21H19Cl2N7OS. The molecule has 4 aromatic rings. The molecule has 4 rings (SSSR count). The predicted octanol–water partition coefficient (Wildman–Crippen LogP) is 3.90. The van der Waals surface area contributed by atoms with Gasteiger partial charge in [0.1, 0.15) is 0 Å². The largest absolute Gasteiger partial charge is 0.341 e. The molecule has 0 aliphatic rings. The highest BCUT2D eigenvalue weighted by atomic mass is 35.5. The van der Waals surface area contributed by atoms with Gasteiger partial charge in [-0.2, -0.15) is 5.10 Å². The molecule has 2 aromatic heterocycles. The lowest BCUT2D eigenvalue weighted by atomic mass is 10.2. The predicted molar refractivity (Wildman–Crippen MR) is 126 cm³/mol. The lowest BCUT2D eigenvalue weighted by Crippen LogP contribution is -2.28. The van der Waals surface area contributed by atoms with Crippen molar-refractivity contribution in [2.24, 2.45) is 0 Å². The molecule has 0 bridgehead atoms. The highest BCUT2D eigenvalue weighted by Crippen LogP contribution is 2.30. The summed E-state index contributed by atoms with van der Waals surface area (Å²) in [5, 5.41) is 13.9. The van der Waals surface area contributed by atoms with Gasteiger partial charge in [-0.3, -0.25) is 4.79 Å². The minimum absolute atomic E-state index is 0.0761. The van der Waals surface area contributed by atoms with Crippen LogP contribution < -0.4 is 5.84 Å². The van der Waals surface area contributed by atoms with Crippen LogP contribution in [0.15, 0.2) is 66.1 Å². The molecule has 2 N–H and O–H groups in total. The van der Waals surface area contributed by atoms with Crippen molar-refractivity contribution >= 4 is 40.9 Å². The highest BCUT2D eigenvalue weighted by Gasteiger charge is 2.18. The number of para-hydroxylation sites is 1. The molecule has 0 atom stereocenters. The maximum Gasteiger partial charge on any atom is 0.233 e. The van der Waals surface area contributed by atoms with Gasteiger partial charge in [0.25, 0.3) is 0 Å². The summed E-state index contributed by atoms with van der Waals surface area (Å²) in [6, 6.07) is 14.8. The van der Waals surface area contributed by atoms with E-state index < -0.39 is 0 Å². The highest BCUT2D eigenvalue weighted by molar-refractivity contribution is 7.99. The molecule has 0 spiro atoms. The summed E-state index contributed by atoms with van der Waals surface area (Å²) in [5.41, 5.74) is 2.45. The van der Waals surface area contributed by atoms with Gasteiger partial charge >= 0.3 is 0 Å². The summed E-state index contributed by atoms with van der Waals surface area (Å²) in [6.45, 7) is 0.435. The summed E-state index contributed by atoms with van der Waals surface area (Å²) in [6.07, 6.45) is 3.66. The van der Waals surface area contributed by atoms with Crippen LogP contribution in [0, 0.1) is 0 Å². The number of halogens is 2. The van der Waals surface area contributed by atoms with E-state index in [-0.39, 0.29) is 11.7 Å². The van der Waals surface area contributed by atoms with Crippen LogP contribution in [0.1, 0.15) is 5.56 Å². The Labute approximate surface area is 198 Å². The molecule has 0 aliphatic carbocycles. The van der Waals surface area contributed by atoms with Gasteiger partial charge in [0.15, 0.2) is 5.82 Å². The molecule has 0 fully saturated rings. The first-order chi connectivity index (χ1) is 15.4. The average Bonchev–Trinajstić information content (AvgIpc) is 3.41. The van der Waals surface area contributed by atoms with E-state index in [2.05, 4.69) is 15.3 Å². The molecule has 8 nitrogen and oxygen atoms in total. The van der Waals surface area contributed by atoms with E-state index in [0.717, 1.165) is 11.3 Å². The van der Waals surface area contributed by atoms with Gasteiger partial charge in [-0.05, 0) is 30.3 Å². The number of rotatable bonds is 7. The zero-order chi connectivity index (χ0) is 22.7. The average molecular weight is 488 g/mol. The van der Waals surface area contributed by atoms with Crippen LogP contribution in [-0.4, -0.2) is 48.3 Å². The van der Waals surface area contributed by atoms with Crippen LogP contribution >= 0.6 is 35.0 Å². The summed E-state index contributed by atoms with van der Waals surface area (Å²) in [5.74, 6) is 6.58. The summed E-state index contributed by atoms with van der Waals surface area (Å²) in [7, 11) is 1.74. The number of carbonyl (C=O) groups is 1. The second-order valence-corrected chi connectivity index (χ2v) is 8.75. The monoisotopic (exact) mass is 487 g/mol. The van der Waals surface area contributed by atoms with E-state index >= 15 is 0 Å². The molecule has 2 heterocycles. The number of benzene rings is 2. The number of hydrogen-bond donors (Lipinski definition) is 1. The van der Waals surface area contributed by atoms with E-state index in [1.807, 2.05) is 36.5 Å². The van der Waals surface area contributed by atoms with Crippen molar-refractivity contribution in [3.8, 4) is 17.1 Å². The smallest absolute Gasteiger partial charge is 0.233 e. The zero-order valence-corrected chi connectivity index (χ0v) is 19.3. The maximum atomic E-state index is 12.6. The van der Waals surface area contributed by atoms with Crippen LogP contribution in [0.3, 0.4) is 0 Å². The molecule has 0 unspecified atom stereocenters. The number of nitrogens with zero attached hydrogens (tertiary/aromatic N) is 6. The second kappa shape index (κ2) is 9.64. The molecule has 0 radical (unpaired) electrons.